The topological polar surface area (TPSA) is 32.3 Å². The predicted molar refractivity (Wildman–Crippen MR) is 96.5 cm³/mol. The van der Waals surface area contributed by atoms with Crippen LogP contribution in [0.2, 0.25) is 0 Å². The Bertz CT molecular complexity index is 669. The highest BCUT2D eigenvalue weighted by Gasteiger charge is 2.13. The molecule has 0 amide bonds. The van der Waals surface area contributed by atoms with Crippen molar-refractivity contribution in [1.29, 1.82) is 0 Å². The van der Waals surface area contributed by atoms with Crippen molar-refractivity contribution in [2.75, 3.05) is 0 Å². The van der Waals surface area contributed by atoms with E-state index < -0.39 is 0 Å². The van der Waals surface area contributed by atoms with Gasteiger partial charge in [0.1, 0.15) is 10.7 Å². The number of thiocarbonyl (C=S) groups is 1. The van der Waals surface area contributed by atoms with Crippen LogP contribution in [0.3, 0.4) is 0 Å². The molecular weight excluding hydrogens is 290 g/mol. The Morgan fingerprint density at radius 1 is 1.09 bits per heavy atom. The van der Waals surface area contributed by atoms with E-state index in [-0.39, 0.29) is 11.2 Å². The molecule has 0 aliphatic heterocycles. The maximum atomic E-state index is 9.90. The SMILES string of the molecule is Cc1ccc(O)c(C(=S)NCc2ccc(C(C)(C)C)cc2)c1. The minimum absolute atomic E-state index is 0.161. The van der Waals surface area contributed by atoms with Gasteiger partial charge in [0.2, 0.25) is 0 Å². The summed E-state index contributed by atoms with van der Waals surface area (Å²) in [4.78, 5) is 0.570. The second-order valence-electron chi connectivity index (χ2n) is 6.65. The average Bonchev–Trinajstić information content (AvgIpc) is 2.47. The van der Waals surface area contributed by atoms with E-state index in [0.717, 1.165) is 5.56 Å². The molecule has 0 radical (unpaired) electrons. The van der Waals surface area contributed by atoms with E-state index in [1.807, 2.05) is 19.1 Å². The van der Waals surface area contributed by atoms with E-state index in [9.17, 15) is 5.11 Å². The normalized spacial score (nSPS) is 11.3. The van der Waals surface area contributed by atoms with Crippen molar-refractivity contribution in [1.82, 2.24) is 5.32 Å². The van der Waals surface area contributed by atoms with Crippen LogP contribution >= 0.6 is 12.2 Å². The van der Waals surface area contributed by atoms with Crippen molar-refractivity contribution in [3.05, 3.63) is 64.7 Å². The fourth-order valence-electron chi connectivity index (χ4n) is 2.23. The molecule has 2 aromatic carbocycles. The Morgan fingerprint density at radius 2 is 1.73 bits per heavy atom. The van der Waals surface area contributed by atoms with Crippen molar-refractivity contribution in [3.8, 4) is 5.75 Å². The number of hydrogen-bond donors (Lipinski definition) is 2. The van der Waals surface area contributed by atoms with Crippen LogP contribution in [0.15, 0.2) is 42.5 Å². The molecule has 22 heavy (non-hydrogen) atoms. The Balaban J connectivity index is 2.04. The summed E-state index contributed by atoms with van der Waals surface area (Å²) in [6.45, 7) is 9.25. The summed E-state index contributed by atoms with van der Waals surface area (Å²) in [5.41, 5.74) is 4.40. The first kappa shape index (κ1) is 16.5. The molecule has 0 saturated carbocycles. The summed E-state index contributed by atoms with van der Waals surface area (Å²) in [7, 11) is 0. The molecule has 0 saturated heterocycles. The maximum Gasteiger partial charge on any atom is 0.125 e. The van der Waals surface area contributed by atoms with Crippen LogP contribution in [0.5, 0.6) is 5.75 Å². The number of aromatic hydroxyl groups is 1. The van der Waals surface area contributed by atoms with Crippen molar-refractivity contribution in [3.63, 3.8) is 0 Å². The Hall–Kier alpha value is -1.87. The zero-order valence-corrected chi connectivity index (χ0v) is 14.4. The highest BCUT2D eigenvalue weighted by Crippen LogP contribution is 2.22. The van der Waals surface area contributed by atoms with Gasteiger partial charge in [0, 0.05) is 6.54 Å². The van der Waals surface area contributed by atoms with E-state index in [1.165, 1.54) is 11.1 Å². The Labute approximate surface area is 138 Å². The number of hydrogen-bond acceptors (Lipinski definition) is 2. The van der Waals surface area contributed by atoms with E-state index in [2.05, 4.69) is 50.4 Å². The summed E-state index contributed by atoms with van der Waals surface area (Å²) >= 11 is 5.38. The molecule has 116 valence electrons. The summed E-state index contributed by atoms with van der Waals surface area (Å²) in [6.07, 6.45) is 0. The van der Waals surface area contributed by atoms with Gasteiger partial charge in [0.05, 0.1) is 5.56 Å². The second-order valence-corrected chi connectivity index (χ2v) is 7.06. The number of phenolic OH excluding ortho intramolecular Hbond substituents is 1. The predicted octanol–water partition coefficient (Wildman–Crippen LogP) is 4.46. The molecule has 0 aliphatic rings. The van der Waals surface area contributed by atoms with Gasteiger partial charge in [-0.15, -0.1) is 0 Å². The monoisotopic (exact) mass is 313 g/mol. The number of benzene rings is 2. The Kier molecular flexibility index (Phi) is 4.87. The molecule has 2 N–H and O–H groups in total. The van der Waals surface area contributed by atoms with E-state index >= 15 is 0 Å². The lowest BCUT2D eigenvalue weighted by atomic mass is 9.87. The standard InChI is InChI=1S/C19H23NOS/c1-13-5-10-17(21)16(11-13)18(22)20-12-14-6-8-15(9-7-14)19(2,3)4/h5-11,21H,12H2,1-4H3,(H,20,22). The third-order valence-electron chi connectivity index (χ3n) is 3.67. The first-order valence-electron chi connectivity index (χ1n) is 7.44. The van der Waals surface area contributed by atoms with Gasteiger partial charge < -0.3 is 10.4 Å². The quantitative estimate of drug-likeness (QED) is 0.820. The van der Waals surface area contributed by atoms with Crippen LogP contribution < -0.4 is 5.32 Å². The second kappa shape index (κ2) is 6.49. The third kappa shape index (κ3) is 4.08. The molecule has 0 bridgehead atoms. The van der Waals surface area contributed by atoms with Crippen molar-refractivity contribution >= 4 is 17.2 Å². The molecule has 0 atom stereocenters. The van der Waals surface area contributed by atoms with Crippen LogP contribution in [0.4, 0.5) is 0 Å². The van der Waals surface area contributed by atoms with Crippen LogP contribution in [0.25, 0.3) is 0 Å². The van der Waals surface area contributed by atoms with E-state index in [1.54, 1.807) is 6.07 Å². The summed E-state index contributed by atoms with van der Waals surface area (Å²) < 4.78 is 0. The average molecular weight is 313 g/mol. The summed E-state index contributed by atoms with van der Waals surface area (Å²) in [6, 6.07) is 14.0. The van der Waals surface area contributed by atoms with Crippen molar-refractivity contribution in [2.45, 2.75) is 39.7 Å². The highest BCUT2D eigenvalue weighted by atomic mass is 32.1. The zero-order chi connectivity index (χ0) is 16.3. The molecule has 0 fully saturated rings. The number of phenols is 1. The number of nitrogens with one attached hydrogen (secondary N) is 1. The molecule has 0 heterocycles. The van der Waals surface area contributed by atoms with Crippen LogP contribution in [0.1, 0.15) is 43.0 Å². The summed E-state index contributed by atoms with van der Waals surface area (Å²) in [5.74, 6) is 0.214. The summed E-state index contributed by atoms with van der Waals surface area (Å²) in [5, 5.41) is 13.1. The lowest BCUT2D eigenvalue weighted by Gasteiger charge is -2.19. The molecular formula is C19H23NOS. The van der Waals surface area contributed by atoms with Crippen LogP contribution in [-0.2, 0) is 12.0 Å². The van der Waals surface area contributed by atoms with E-state index in [4.69, 9.17) is 12.2 Å². The van der Waals surface area contributed by atoms with Crippen molar-refractivity contribution < 1.29 is 5.11 Å². The highest BCUT2D eigenvalue weighted by molar-refractivity contribution is 7.80. The molecule has 2 rings (SSSR count). The lowest BCUT2D eigenvalue weighted by molar-refractivity contribution is 0.474. The maximum absolute atomic E-state index is 9.90. The first-order valence-corrected chi connectivity index (χ1v) is 7.85. The lowest BCUT2D eigenvalue weighted by Crippen LogP contribution is -2.22. The Morgan fingerprint density at radius 3 is 2.32 bits per heavy atom. The van der Waals surface area contributed by atoms with Gasteiger partial charge in [0.15, 0.2) is 0 Å². The fraction of sp³-hybridized carbons (Fsp3) is 0.316. The van der Waals surface area contributed by atoms with Gasteiger partial charge in [-0.3, -0.25) is 0 Å². The molecule has 2 nitrogen and oxygen atoms in total. The fourth-order valence-corrected chi connectivity index (χ4v) is 2.47. The smallest absolute Gasteiger partial charge is 0.125 e. The van der Waals surface area contributed by atoms with Gasteiger partial charge in [-0.05, 0) is 35.6 Å². The minimum atomic E-state index is 0.161. The van der Waals surface area contributed by atoms with Crippen LogP contribution in [0, 0.1) is 6.92 Å². The number of aryl methyl sites for hydroxylation is 1. The minimum Gasteiger partial charge on any atom is -0.507 e. The van der Waals surface area contributed by atoms with Crippen molar-refractivity contribution in [2.24, 2.45) is 0 Å². The molecule has 0 aromatic heterocycles. The van der Waals surface area contributed by atoms with Gasteiger partial charge >= 0.3 is 0 Å². The molecule has 0 aliphatic carbocycles. The van der Waals surface area contributed by atoms with Crippen LogP contribution in [-0.4, -0.2) is 10.1 Å². The van der Waals surface area contributed by atoms with Gasteiger partial charge in [-0.1, -0.05) is 68.9 Å². The molecule has 0 spiro atoms. The third-order valence-corrected chi connectivity index (χ3v) is 4.03. The van der Waals surface area contributed by atoms with E-state index in [0.29, 0.717) is 17.1 Å². The van der Waals surface area contributed by atoms with Gasteiger partial charge in [-0.25, -0.2) is 0 Å². The number of rotatable bonds is 3. The molecule has 0 unspecified atom stereocenters. The molecule has 2 aromatic rings. The zero-order valence-electron chi connectivity index (χ0n) is 13.6. The van der Waals surface area contributed by atoms with Gasteiger partial charge in [0.25, 0.3) is 0 Å². The van der Waals surface area contributed by atoms with Gasteiger partial charge in [-0.2, -0.15) is 0 Å². The first-order chi connectivity index (χ1) is 10.3. The largest absolute Gasteiger partial charge is 0.507 e. The molecule has 3 heteroatoms.